The fourth-order valence-corrected chi connectivity index (χ4v) is 3.78. The molecule has 1 aliphatic rings. The quantitative estimate of drug-likeness (QED) is 0.502. The highest BCUT2D eigenvalue weighted by Gasteiger charge is 2.32. The Labute approximate surface area is 184 Å². The highest BCUT2D eigenvalue weighted by atomic mass is 19.4. The second-order valence-corrected chi connectivity index (χ2v) is 7.71. The molecule has 9 nitrogen and oxygen atoms in total. The Hall–Kier alpha value is -3.64. The van der Waals surface area contributed by atoms with Crippen molar-refractivity contribution in [2.24, 2.45) is 7.05 Å². The minimum Gasteiger partial charge on any atom is -0.388 e. The lowest BCUT2D eigenvalue weighted by atomic mass is 10.1. The number of aliphatic hydroxyl groups excluding tert-OH is 1. The SMILES string of the molecule is Cn1cc(-c2nc(-c3ccc(C(F)(F)F)nc3)cc3c(=O)n([C@@H]4COC[C@H]4O)cnc23)cn1. The van der Waals surface area contributed by atoms with E-state index in [1.54, 1.807) is 24.1 Å². The van der Waals surface area contributed by atoms with Crippen molar-refractivity contribution < 1.29 is 23.0 Å². The van der Waals surface area contributed by atoms with Crippen LogP contribution in [0.25, 0.3) is 33.4 Å². The number of pyridine rings is 2. The first kappa shape index (κ1) is 21.2. The fraction of sp³-hybridized carbons (Fsp3) is 0.286. The van der Waals surface area contributed by atoms with Crippen LogP contribution in [-0.4, -0.2) is 53.7 Å². The number of alkyl halides is 3. The van der Waals surface area contributed by atoms with Crippen LogP contribution in [0.1, 0.15) is 11.7 Å². The number of hydrogen-bond acceptors (Lipinski definition) is 7. The molecule has 33 heavy (non-hydrogen) atoms. The lowest BCUT2D eigenvalue weighted by molar-refractivity contribution is -0.141. The van der Waals surface area contributed by atoms with Gasteiger partial charge < -0.3 is 9.84 Å². The molecule has 0 aliphatic carbocycles. The molecule has 0 amide bonds. The van der Waals surface area contributed by atoms with E-state index in [0.717, 1.165) is 12.3 Å². The molecule has 1 fully saturated rings. The number of halogens is 3. The van der Waals surface area contributed by atoms with Crippen molar-refractivity contribution in [1.29, 1.82) is 0 Å². The molecule has 12 heteroatoms. The van der Waals surface area contributed by atoms with Gasteiger partial charge in [0.2, 0.25) is 0 Å². The maximum Gasteiger partial charge on any atom is 0.433 e. The molecule has 4 aromatic rings. The third-order valence-electron chi connectivity index (χ3n) is 5.48. The Kier molecular flexibility index (Phi) is 4.98. The van der Waals surface area contributed by atoms with Crippen LogP contribution in [0.2, 0.25) is 0 Å². The van der Waals surface area contributed by atoms with E-state index >= 15 is 0 Å². The summed E-state index contributed by atoms with van der Waals surface area (Å²) >= 11 is 0. The van der Waals surface area contributed by atoms with Gasteiger partial charge in [-0.25, -0.2) is 9.97 Å². The predicted octanol–water partition coefficient (Wildman–Crippen LogP) is 2.20. The fourth-order valence-electron chi connectivity index (χ4n) is 3.78. The number of fused-ring (bicyclic) bond motifs is 1. The second kappa shape index (κ2) is 7.74. The van der Waals surface area contributed by atoms with Gasteiger partial charge in [0.25, 0.3) is 5.56 Å². The topological polar surface area (TPSA) is 108 Å². The Morgan fingerprint density at radius 3 is 2.58 bits per heavy atom. The van der Waals surface area contributed by atoms with Crippen LogP contribution < -0.4 is 5.56 Å². The summed E-state index contributed by atoms with van der Waals surface area (Å²) in [5.41, 5.74) is 0.334. The van der Waals surface area contributed by atoms with Crippen molar-refractivity contribution in [3.63, 3.8) is 0 Å². The summed E-state index contributed by atoms with van der Waals surface area (Å²) in [5.74, 6) is 0. The van der Waals surface area contributed by atoms with E-state index in [-0.39, 0.29) is 24.3 Å². The first-order valence-corrected chi connectivity index (χ1v) is 9.92. The summed E-state index contributed by atoms with van der Waals surface area (Å²) in [5, 5.41) is 14.5. The third kappa shape index (κ3) is 3.76. The summed E-state index contributed by atoms with van der Waals surface area (Å²) in [6, 6.07) is 2.98. The molecule has 0 bridgehead atoms. The highest BCUT2D eigenvalue weighted by Crippen LogP contribution is 2.31. The maximum atomic E-state index is 13.4. The summed E-state index contributed by atoms with van der Waals surface area (Å²) in [7, 11) is 1.72. The number of rotatable bonds is 3. The van der Waals surface area contributed by atoms with Gasteiger partial charge in [0, 0.05) is 30.6 Å². The van der Waals surface area contributed by atoms with Crippen molar-refractivity contribution in [2.75, 3.05) is 13.2 Å². The zero-order valence-electron chi connectivity index (χ0n) is 17.2. The van der Waals surface area contributed by atoms with Crippen molar-refractivity contribution in [3.05, 3.63) is 59.2 Å². The molecule has 1 N–H and O–H groups in total. The van der Waals surface area contributed by atoms with Crippen LogP contribution in [0.15, 0.2) is 47.9 Å². The van der Waals surface area contributed by atoms with E-state index < -0.39 is 29.6 Å². The standard InChI is InChI=1S/C21H17F3N6O3/c1-29-7-12(6-27-29)18-19-13(20(32)30(10-26-19)15-8-33-9-16(15)31)4-14(28-18)11-2-3-17(25-5-11)21(22,23)24/h2-7,10,15-16,31H,8-9H2,1H3/t15-,16-/m1/s1. The van der Waals surface area contributed by atoms with E-state index in [1.807, 2.05) is 0 Å². The molecule has 5 rings (SSSR count). The van der Waals surface area contributed by atoms with Gasteiger partial charge >= 0.3 is 6.18 Å². The number of aliphatic hydroxyl groups is 1. The second-order valence-electron chi connectivity index (χ2n) is 7.71. The van der Waals surface area contributed by atoms with E-state index in [1.165, 1.54) is 23.0 Å². The van der Waals surface area contributed by atoms with Gasteiger partial charge in [0.05, 0.1) is 42.9 Å². The Balaban J connectivity index is 1.72. The minimum atomic E-state index is -4.57. The molecule has 0 saturated carbocycles. The zero-order chi connectivity index (χ0) is 23.3. The van der Waals surface area contributed by atoms with Crippen molar-refractivity contribution in [1.82, 2.24) is 29.3 Å². The van der Waals surface area contributed by atoms with Crippen LogP contribution in [0, 0.1) is 0 Å². The molecule has 2 atom stereocenters. The van der Waals surface area contributed by atoms with Gasteiger partial charge in [0.1, 0.15) is 23.0 Å². The average Bonchev–Trinajstić information content (AvgIpc) is 3.41. The van der Waals surface area contributed by atoms with Gasteiger partial charge in [-0.1, -0.05) is 0 Å². The van der Waals surface area contributed by atoms with E-state index in [4.69, 9.17) is 4.74 Å². The first-order valence-electron chi connectivity index (χ1n) is 9.92. The Morgan fingerprint density at radius 1 is 1.15 bits per heavy atom. The average molecular weight is 458 g/mol. The van der Waals surface area contributed by atoms with Gasteiger partial charge in [-0.15, -0.1) is 0 Å². The lowest BCUT2D eigenvalue weighted by Gasteiger charge is -2.17. The summed E-state index contributed by atoms with van der Waals surface area (Å²) in [6.45, 7) is 0.263. The monoisotopic (exact) mass is 458 g/mol. The molecule has 1 saturated heterocycles. The normalized spacial score (nSPS) is 18.8. The van der Waals surface area contributed by atoms with Gasteiger partial charge in [-0.2, -0.15) is 18.3 Å². The summed E-state index contributed by atoms with van der Waals surface area (Å²) in [6.07, 6.45) is 0.219. The number of nitrogens with zero attached hydrogens (tertiary/aromatic N) is 6. The van der Waals surface area contributed by atoms with E-state index in [9.17, 15) is 23.1 Å². The predicted molar refractivity (Wildman–Crippen MR) is 110 cm³/mol. The number of hydrogen-bond donors (Lipinski definition) is 1. The number of aryl methyl sites for hydroxylation is 1. The highest BCUT2D eigenvalue weighted by molar-refractivity contribution is 5.93. The molecule has 4 aromatic heterocycles. The van der Waals surface area contributed by atoms with E-state index in [2.05, 4.69) is 20.1 Å². The zero-order valence-corrected chi connectivity index (χ0v) is 17.2. The van der Waals surface area contributed by atoms with Crippen LogP contribution in [0.3, 0.4) is 0 Å². The summed E-state index contributed by atoms with van der Waals surface area (Å²) < 4.78 is 46.9. The third-order valence-corrected chi connectivity index (χ3v) is 5.48. The molecule has 5 heterocycles. The molecular formula is C21H17F3N6O3. The van der Waals surface area contributed by atoms with Gasteiger partial charge in [-0.05, 0) is 18.2 Å². The van der Waals surface area contributed by atoms with E-state index in [0.29, 0.717) is 22.3 Å². The molecule has 0 unspecified atom stereocenters. The number of aromatic nitrogens is 6. The van der Waals surface area contributed by atoms with Crippen molar-refractivity contribution >= 4 is 10.9 Å². The molecule has 0 aromatic carbocycles. The number of ether oxygens (including phenoxy) is 1. The van der Waals surface area contributed by atoms with Crippen LogP contribution >= 0.6 is 0 Å². The maximum absolute atomic E-state index is 13.4. The van der Waals surface area contributed by atoms with Crippen LogP contribution in [0.5, 0.6) is 0 Å². The van der Waals surface area contributed by atoms with Crippen LogP contribution in [-0.2, 0) is 18.0 Å². The smallest absolute Gasteiger partial charge is 0.388 e. The molecule has 0 spiro atoms. The minimum absolute atomic E-state index is 0.106. The van der Waals surface area contributed by atoms with Gasteiger partial charge in [0.15, 0.2) is 0 Å². The lowest BCUT2D eigenvalue weighted by Crippen LogP contribution is -2.32. The van der Waals surface area contributed by atoms with Crippen LogP contribution in [0.4, 0.5) is 13.2 Å². The van der Waals surface area contributed by atoms with Crippen molar-refractivity contribution in [3.8, 4) is 22.5 Å². The first-order chi connectivity index (χ1) is 15.7. The molecular weight excluding hydrogens is 441 g/mol. The summed E-state index contributed by atoms with van der Waals surface area (Å²) in [4.78, 5) is 25.8. The molecule has 170 valence electrons. The molecule has 1 aliphatic heterocycles. The molecule has 0 radical (unpaired) electrons. The van der Waals surface area contributed by atoms with Gasteiger partial charge in [-0.3, -0.25) is 19.0 Å². The Morgan fingerprint density at radius 2 is 1.97 bits per heavy atom. The van der Waals surface area contributed by atoms with Crippen molar-refractivity contribution in [2.45, 2.75) is 18.3 Å². The largest absolute Gasteiger partial charge is 0.433 e. The Bertz CT molecular complexity index is 1400.